The van der Waals surface area contributed by atoms with Gasteiger partial charge in [-0.25, -0.2) is 0 Å². The van der Waals surface area contributed by atoms with Crippen LogP contribution in [0, 0.1) is 5.92 Å². The van der Waals surface area contributed by atoms with Gasteiger partial charge >= 0.3 is 0 Å². The molecule has 1 aromatic rings. The molecule has 1 aromatic carbocycles. The fourth-order valence-electron chi connectivity index (χ4n) is 2.88. The summed E-state index contributed by atoms with van der Waals surface area (Å²) < 4.78 is 10.7. The van der Waals surface area contributed by atoms with E-state index in [0.29, 0.717) is 23.8 Å². The predicted molar refractivity (Wildman–Crippen MR) is 81.9 cm³/mol. The Morgan fingerprint density at radius 3 is 2.57 bits per heavy atom. The van der Waals surface area contributed by atoms with Crippen LogP contribution < -0.4 is 14.8 Å². The molecule has 1 N–H and O–H groups in total. The molecule has 21 heavy (non-hydrogen) atoms. The molecule has 1 aliphatic rings. The fourth-order valence-corrected chi connectivity index (χ4v) is 2.88. The van der Waals surface area contributed by atoms with Crippen molar-refractivity contribution in [3.63, 3.8) is 0 Å². The van der Waals surface area contributed by atoms with E-state index in [1.165, 1.54) is 0 Å². The second-order valence-electron chi connectivity index (χ2n) is 5.37. The Hall–Kier alpha value is -1.75. The van der Waals surface area contributed by atoms with Crippen LogP contribution in [0.25, 0.3) is 0 Å². The summed E-state index contributed by atoms with van der Waals surface area (Å²) in [6.45, 7) is 2.63. The highest BCUT2D eigenvalue weighted by Gasteiger charge is 2.27. The van der Waals surface area contributed by atoms with E-state index >= 15 is 0 Å². The summed E-state index contributed by atoms with van der Waals surface area (Å²) in [4.78, 5) is 14.4. The quantitative estimate of drug-likeness (QED) is 0.859. The number of likely N-dealkylation sites (tertiary alicyclic amines) is 1. The minimum Gasteiger partial charge on any atom is -0.496 e. The van der Waals surface area contributed by atoms with Gasteiger partial charge in [-0.1, -0.05) is 6.07 Å². The van der Waals surface area contributed by atoms with E-state index in [-0.39, 0.29) is 5.91 Å². The van der Waals surface area contributed by atoms with Crippen molar-refractivity contribution in [3.8, 4) is 11.5 Å². The summed E-state index contributed by atoms with van der Waals surface area (Å²) in [5.41, 5.74) is 0.824. The van der Waals surface area contributed by atoms with Crippen molar-refractivity contribution >= 4 is 5.91 Å². The molecule has 1 heterocycles. The first-order valence-electron chi connectivity index (χ1n) is 7.31. The van der Waals surface area contributed by atoms with Crippen LogP contribution in [-0.2, 0) is 11.2 Å². The van der Waals surface area contributed by atoms with Crippen molar-refractivity contribution in [1.29, 1.82) is 0 Å². The topological polar surface area (TPSA) is 50.8 Å². The Kier molecular flexibility index (Phi) is 5.44. The van der Waals surface area contributed by atoms with Gasteiger partial charge in [0.2, 0.25) is 5.91 Å². The lowest BCUT2D eigenvalue weighted by Crippen LogP contribution is -2.31. The molecule has 0 aliphatic carbocycles. The molecule has 0 bridgehead atoms. The monoisotopic (exact) mass is 292 g/mol. The Labute approximate surface area is 126 Å². The summed E-state index contributed by atoms with van der Waals surface area (Å²) in [7, 11) is 5.17. The first-order chi connectivity index (χ1) is 10.2. The Balaban J connectivity index is 2.06. The number of carbonyl (C=O) groups is 1. The number of amides is 1. The van der Waals surface area contributed by atoms with Crippen molar-refractivity contribution in [3.05, 3.63) is 23.8 Å². The first kappa shape index (κ1) is 15.6. The third-order valence-electron chi connectivity index (χ3n) is 3.99. The van der Waals surface area contributed by atoms with Crippen molar-refractivity contribution in [1.82, 2.24) is 10.2 Å². The molecule has 0 spiro atoms. The van der Waals surface area contributed by atoms with E-state index in [1.54, 1.807) is 14.2 Å². The molecule has 0 aromatic heterocycles. The van der Waals surface area contributed by atoms with Gasteiger partial charge in [0.05, 0.1) is 20.6 Å². The molecule has 2 rings (SSSR count). The number of rotatable bonds is 6. The van der Waals surface area contributed by atoms with Gasteiger partial charge in [-0.2, -0.15) is 0 Å². The molecule has 5 nitrogen and oxygen atoms in total. The van der Waals surface area contributed by atoms with Crippen LogP contribution in [0.1, 0.15) is 12.0 Å². The van der Waals surface area contributed by atoms with E-state index in [2.05, 4.69) is 5.32 Å². The lowest BCUT2D eigenvalue weighted by molar-refractivity contribution is -0.129. The van der Waals surface area contributed by atoms with Crippen LogP contribution >= 0.6 is 0 Å². The van der Waals surface area contributed by atoms with Crippen LogP contribution in [0.2, 0.25) is 0 Å². The third kappa shape index (κ3) is 3.67. The molecule has 116 valence electrons. The van der Waals surface area contributed by atoms with Gasteiger partial charge in [-0.3, -0.25) is 4.79 Å². The van der Waals surface area contributed by atoms with Crippen LogP contribution in [0.4, 0.5) is 0 Å². The zero-order chi connectivity index (χ0) is 15.2. The summed E-state index contributed by atoms with van der Waals surface area (Å²) in [6, 6.07) is 5.59. The normalized spacial score (nSPS) is 17.9. The van der Waals surface area contributed by atoms with E-state index in [1.807, 2.05) is 30.1 Å². The van der Waals surface area contributed by atoms with Gasteiger partial charge in [-0.05, 0) is 38.1 Å². The molecule has 1 fully saturated rings. The molecule has 1 aliphatic heterocycles. The van der Waals surface area contributed by atoms with Crippen LogP contribution in [0.5, 0.6) is 11.5 Å². The molecule has 0 saturated carbocycles. The first-order valence-corrected chi connectivity index (χ1v) is 7.31. The summed E-state index contributed by atoms with van der Waals surface area (Å²) in [5, 5.41) is 3.18. The number of benzene rings is 1. The lowest BCUT2D eigenvalue weighted by Gasteiger charge is -2.19. The third-order valence-corrected chi connectivity index (χ3v) is 3.99. The summed E-state index contributed by atoms with van der Waals surface area (Å²) >= 11 is 0. The highest BCUT2D eigenvalue weighted by Crippen LogP contribution is 2.29. The van der Waals surface area contributed by atoms with Crippen LogP contribution in [0.3, 0.4) is 0 Å². The van der Waals surface area contributed by atoms with Crippen molar-refractivity contribution in [2.45, 2.75) is 12.8 Å². The lowest BCUT2D eigenvalue weighted by atomic mass is 10.1. The van der Waals surface area contributed by atoms with Crippen molar-refractivity contribution in [2.75, 3.05) is 40.9 Å². The average molecular weight is 292 g/mol. The fraction of sp³-hybridized carbons (Fsp3) is 0.562. The number of nitrogens with one attached hydrogen (secondary N) is 1. The van der Waals surface area contributed by atoms with Gasteiger partial charge in [0.15, 0.2) is 0 Å². The zero-order valence-electron chi connectivity index (χ0n) is 13.0. The number of ether oxygens (including phenoxy) is 2. The standard InChI is InChI=1S/C16H24N2O3/c1-17-10-12-7-8-18(11-12)16(19)9-13-14(20-2)5-4-6-15(13)21-3/h4-6,12,17H,7-11H2,1-3H3. The van der Waals surface area contributed by atoms with Crippen molar-refractivity contribution < 1.29 is 14.3 Å². The largest absolute Gasteiger partial charge is 0.496 e. The molecular weight excluding hydrogens is 268 g/mol. The minimum absolute atomic E-state index is 0.136. The van der Waals surface area contributed by atoms with Gasteiger partial charge < -0.3 is 19.7 Å². The van der Waals surface area contributed by atoms with E-state index in [9.17, 15) is 4.79 Å². The number of nitrogens with zero attached hydrogens (tertiary/aromatic N) is 1. The van der Waals surface area contributed by atoms with E-state index < -0.39 is 0 Å². The van der Waals surface area contributed by atoms with Gasteiger partial charge in [0.25, 0.3) is 0 Å². The SMILES string of the molecule is CNCC1CCN(C(=O)Cc2c(OC)cccc2OC)C1. The number of hydrogen-bond donors (Lipinski definition) is 1. The molecular formula is C16H24N2O3. The minimum atomic E-state index is 0.136. The van der Waals surface area contributed by atoms with E-state index in [4.69, 9.17) is 9.47 Å². The second-order valence-corrected chi connectivity index (χ2v) is 5.37. The molecule has 0 radical (unpaired) electrons. The molecule has 1 unspecified atom stereocenters. The highest BCUT2D eigenvalue weighted by atomic mass is 16.5. The maximum absolute atomic E-state index is 12.5. The van der Waals surface area contributed by atoms with Crippen LogP contribution in [-0.4, -0.2) is 51.7 Å². The Morgan fingerprint density at radius 2 is 2.00 bits per heavy atom. The number of hydrogen-bond acceptors (Lipinski definition) is 4. The van der Waals surface area contributed by atoms with Crippen molar-refractivity contribution in [2.24, 2.45) is 5.92 Å². The van der Waals surface area contributed by atoms with E-state index in [0.717, 1.165) is 31.6 Å². The van der Waals surface area contributed by atoms with Crippen LogP contribution in [0.15, 0.2) is 18.2 Å². The smallest absolute Gasteiger partial charge is 0.227 e. The molecule has 1 saturated heterocycles. The zero-order valence-corrected chi connectivity index (χ0v) is 13.0. The summed E-state index contributed by atoms with van der Waals surface area (Å²) in [6.07, 6.45) is 1.38. The molecule has 1 amide bonds. The number of carbonyl (C=O) groups excluding carboxylic acids is 1. The maximum atomic E-state index is 12.5. The maximum Gasteiger partial charge on any atom is 0.227 e. The summed E-state index contributed by atoms with van der Waals surface area (Å²) in [5.74, 6) is 2.09. The number of methoxy groups -OCH3 is 2. The van der Waals surface area contributed by atoms with Gasteiger partial charge in [-0.15, -0.1) is 0 Å². The molecule has 1 atom stereocenters. The molecule has 5 heteroatoms. The Morgan fingerprint density at radius 1 is 1.33 bits per heavy atom. The second kappa shape index (κ2) is 7.31. The highest BCUT2D eigenvalue weighted by molar-refractivity contribution is 5.80. The predicted octanol–water partition coefficient (Wildman–Crippen LogP) is 1.31. The Bertz CT molecular complexity index is 468. The van der Waals surface area contributed by atoms with Gasteiger partial charge in [0.1, 0.15) is 11.5 Å². The van der Waals surface area contributed by atoms with Gasteiger partial charge in [0, 0.05) is 18.7 Å². The average Bonchev–Trinajstić information content (AvgIpc) is 2.96.